The first-order valence-corrected chi connectivity index (χ1v) is 10.1. The molecule has 6 heteroatoms. The summed E-state index contributed by atoms with van der Waals surface area (Å²) >= 11 is 6.48. The quantitative estimate of drug-likeness (QED) is 0.791. The zero-order valence-corrected chi connectivity index (χ0v) is 16.1. The Morgan fingerprint density at radius 2 is 2.00 bits per heavy atom. The highest BCUT2D eigenvalue weighted by atomic mass is 35.5. The van der Waals surface area contributed by atoms with E-state index in [0.29, 0.717) is 22.5 Å². The van der Waals surface area contributed by atoms with Crippen molar-refractivity contribution in [1.29, 1.82) is 0 Å². The minimum atomic E-state index is -0.0560. The SMILES string of the molecule is Bc1cc(Cl)c2c(C(=O)NCC34CCC(CC3)CC4)cn(CCO)c2c1. The van der Waals surface area contributed by atoms with Crippen LogP contribution in [0.3, 0.4) is 0 Å². The Morgan fingerprint density at radius 1 is 1.31 bits per heavy atom. The van der Waals surface area contributed by atoms with Gasteiger partial charge >= 0.3 is 0 Å². The first-order chi connectivity index (χ1) is 12.5. The summed E-state index contributed by atoms with van der Waals surface area (Å²) in [6.07, 6.45) is 9.50. The fraction of sp³-hybridized carbons (Fsp3) is 0.550. The summed E-state index contributed by atoms with van der Waals surface area (Å²) in [5, 5.41) is 13.9. The Hall–Kier alpha value is -1.46. The molecule has 0 atom stereocenters. The second kappa shape index (κ2) is 6.93. The Balaban J connectivity index is 1.60. The molecule has 3 aliphatic rings. The number of halogens is 1. The Bertz CT molecular complexity index is 826. The van der Waals surface area contributed by atoms with Gasteiger partial charge in [0.25, 0.3) is 5.91 Å². The van der Waals surface area contributed by atoms with Gasteiger partial charge in [0, 0.05) is 30.2 Å². The van der Waals surface area contributed by atoms with Crippen LogP contribution < -0.4 is 10.8 Å². The molecular weight excluding hydrogens is 346 g/mol. The van der Waals surface area contributed by atoms with Crippen molar-refractivity contribution in [1.82, 2.24) is 9.88 Å². The van der Waals surface area contributed by atoms with Gasteiger partial charge in [0.15, 0.2) is 0 Å². The van der Waals surface area contributed by atoms with Crippen molar-refractivity contribution in [3.8, 4) is 0 Å². The largest absolute Gasteiger partial charge is 0.395 e. The van der Waals surface area contributed by atoms with Crippen LogP contribution in [0, 0.1) is 11.3 Å². The van der Waals surface area contributed by atoms with Crippen molar-refractivity contribution in [2.75, 3.05) is 13.2 Å². The van der Waals surface area contributed by atoms with Crippen molar-refractivity contribution >= 4 is 41.7 Å². The van der Waals surface area contributed by atoms with Gasteiger partial charge in [-0.2, -0.15) is 0 Å². The van der Waals surface area contributed by atoms with E-state index < -0.39 is 0 Å². The van der Waals surface area contributed by atoms with E-state index in [0.717, 1.165) is 28.8 Å². The van der Waals surface area contributed by atoms with E-state index in [9.17, 15) is 9.90 Å². The fourth-order valence-electron chi connectivity index (χ4n) is 4.94. The van der Waals surface area contributed by atoms with Crippen LogP contribution in [-0.2, 0) is 6.54 Å². The molecule has 1 aromatic heterocycles. The predicted molar refractivity (Wildman–Crippen MR) is 108 cm³/mol. The maximum absolute atomic E-state index is 13.0. The van der Waals surface area contributed by atoms with Gasteiger partial charge in [-0.1, -0.05) is 17.1 Å². The Morgan fingerprint density at radius 3 is 2.65 bits per heavy atom. The number of benzene rings is 1. The van der Waals surface area contributed by atoms with Gasteiger partial charge in [-0.25, -0.2) is 0 Å². The van der Waals surface area contributed by atoms with Gasteiger partial charge < -0.3 is 15.0 Å². The van der Waals surface area contributed by atoms with Crippen LogP contribution in [0.15, 0.2) is 18.3 Å². The van der Waals surface area contributed by atoms with E-state index in [1.165, 1.54) is 38.5 Å². The number of aliphatic hydroxyl groups is 1. The zero-order chi connectivity index (χ0) is 18.3. The number of nitrogens with one attached hydrogen (secondary N) is 1. The summed E-state index contributed by atoms with van der Waals surface area (Å²) in [4.78, 5) is 13.0. The summed E-state index contributed by atoms with van der Waals surface area (Å²) < 4.78 is 1.92. The van der Waals surface area contributed by atoms with Crippen molar-refractivity contribution in [3.63, 3.8) is 0 Å². The lowest BCUT2D eigenvalue weighted by Crippen LogP contribution is -2.43. The number of carbonyl (C=O) groups excluding carboxylic acids is 1. The summed E-state index contributed by atoms with van der Waals surface area (Å²) in [5.41, 5.74) is 2.86. The lowest BCUT2D eigenvalue weighted by atomic mass is 9.61. The molecule has 3 fully saturated rings. The second-order valence-corrected chi connectivity index (χ2v) is 8.67. The lowest BCUT2D eigenvalue weighted by Gasteiger charge is -2.46. The van der Waals surface area contributed by atoms with Gasteiger partial charge in [0.05, 0.1) is 17.2 Å². The molecular formula is C20H26BClN2O2. The number of fused-ring (bicyclic) bond motifs is 4. The molecule has 0 spiro atoms. The van der Waals surface area contributed by atoms with Crippen molar-refractivity contribution in [2.24, 2.45) is 11.3 Å². The minimum absolute atomic E-state index is 0.0285. The van der Waals surface area contributed by atoms with Gasteiger partial charge in [-0.05, 0) is 62.0 Å². The normalized spacial score (nSPS) is 24.9. The molecule has 0 radical (unpaired) electrons. The molecule has 4 nitrogen and oxygen atoms in total. The summed E-state index contributed by atoms with van der Waals surface area (Å²) in [7, 11) is 1.99. The molecule has 138 valence electrons. The molecule has 26 heavy (non-hydrogen) atoms. The van der Waals surface area contributed by atoms with E-state index in [1.807, 2.05) is 30.7 Å². The number of hydrogen-bond donors (Lipinski definition) is 2. The lowest BCUT2D eigenvalue weighted by molar-refractivity contribution is 0.0598. The van der Waals surface area contributed by atoms with Gasteiger partial charge in [0.2, 0.25) is 0 Å². The number of carbonyl (C=O) groups is 1. The number of nitrogens with zero attached hydrogens (tertiary/aromatic N) is 1. The van der Waals surface area contributed by atoms with Crippen molar-refractivity contribution in [3.05, 3.63) is 28.9 Å². The topological polar surface area (TPSA) is 54.3 Å². The minimum Gasteiger partial charge on any atom is -0.395 e. The van der Waals surface area contributed by atoms with Crippen LogP contribution >= 0.6 is 11.6 Å². The average molecular weight is 373 g/mol. The first kappa shape index (κ1) is 17.9. The molecule has 0 unspecified atom stereocenters. The van der Waals surface area contributed by atoms with Crippen molar-refractivity contribution in [2.45, 2.75) is 45.1 Å². The van der Waals surface area contributed by atoms with Crippen molar-refractivity contribution < 1.29 is 9.90 Å². The molecule has 1 amide bonds. The highest BCUT2D eigenvalue weighted by Gasteiger charge is 2.40. The number of aromatic nitrogens is 1. The second-order valence-electron chi connectivity index (χ2n) is 8.27. The highest BCUT2D eigenvalue weighted by Crippen LogP contribution is 2.49. The van der Waals surface area contributed by atoms with Gasteiger partial charge in [-0.3, -0.25) is 4.79 Å². The molecule has 2 bridgehead atoms. The van der Waals surface area contributed by atoms with Crippen LogP contribution in [0.5, 0.6) is 0 Å². The zero-order valence-electron chi connectivity index (χ0n) is 15.4. The Labute approximate surface area is 160 Å². The monoisotopic (exact) mass is 372 g/mol. The molecule has 3 aliphatic carbocycles. The van der Waals surface area contributed by atoms with E-state index in [1.54, 1.807) is 0 Å². The maximum Gasteiger partial charge on any atom is 0.253 e. The van der Waals surface area contributed by atoms with E-state index >= 15 is 0 Å². The van der Waals surface area contributed by atoms with Crippen LogP contribution in [0.2, 0.25) is 5.02 Å². The van der Waals surface area contributed by atoms with E-state index in [-0.39, 0.29) is 12.5 Å². The first-order valence-electron chi connectivity index (χ1n) is 9.69. The van der Waals surface area contributed by atoms with Crippen LogP contribution in [0.1, 0.15) is 48.9 Å². The molecule has 1 heterocycles. The number of aliphatic hydroxyl groups excluding tert-OH is 1. The number of rotatable bonds is 5. The van der Waals surface area contributed by atoms with Crippen LogP contribution in [0.4, 0.5) is 0 Å². The van der Waals surface area contributed by atoms with Gasteiger partial charge in [-0.15, -0.1) is 0 Å². The number of hydrogen-bond acceptors (Lipinski definition) is 2. The summed E-state index contributed by atoms with van der Waals surface area (Å²) in [5.74, 6) is 0.866. The summed E-state index contributed by atoms with van der Waals surface area (Å²) in [6.45, 7) is 1.24. The maximum atomic E-state index is 13.0. The third kappa shape index (κ3) is 3.16. The third-order valence-corrected chi connectivity index (χ3v) is 6.83. The molecule has 0 aliphatic heterocycles. The van der Waals surface area contributed by atoms with E-state index in [2.05, 4.69) is 5.32 Å². The predicted octanol–water partition coefficient (Wildman–Crippen LogP) is 2.25. The molecule has 2 aromatic rings. The fourth-order valence-corrected chi connectivity index (χ4v) is 5.31. The number of amides is 1. The smallest absolute Gasteiger partial charge is 0.253 e. The Kier molecular flexibility index (Phi) is 4.78. The summed E-state index contributed by atoms with van der Waals surface area (Å²) in [6, 6.07) is 3.92. The molecule has 5 rings (SSSR count). The van der Waals surface area contributed by atoms with E-state index in [4.69, 9.17) is 11.6 Å². The molecule has 1 aromatic carbocycles. The average Bonchev–Trinajstić information content (AvgIpc) is 3.00. The molecule has 2 N–H and O–H groups in total. The molecule has 0 saturated heterocycles. The van der Waals surface area contributed by atoms with Crippen LogP contribution in [-0.4, -0.2) is 36.6 Å². The van der Waals surface area contributed by atoms with Gasteiger partial charge in [0.1, 0.15) is 7.85 Å². The standard InChI is InChI=1S/C20H26BClN2O2/c21-14-9-16(22)18-15(11-24(7-8-25)17(18)10-14)19(26)23-12-20-4-1-13(2-5-20)3-6-20/h9-11,13,25H,1-8,12,21H2,(H,23,26). The highest BCUT2D eigenvalue weighted by molar-refractivity contribution is 6.41. The third-order valence-electron chi connectivity index (χ3n) is 6.54. The van der Waals surface area contributed by atoms with Crippen LogP contribution in [0.25, 0.3) is 10.9 Å². The molecule has 3 saturated carbocycles.